The zero-order valence-electron chi connectivity index (χ0n) is 17.7. The van der Waals surface area contributed by atoms with E-state index in [1.165, 1.54) is 0 Å². The highest BCUT2D eigenvalue weighted by molar-refractivity contribution is 5.80. The van der Waals surface area contributed by atoms with Crippen LogP contribution in [-0.4, -0.2) is 73.7 Å². The second kappa shape index (κ2) is 11.0. The van der Waals surface area contributed by atoms with Gasteiger partial charge in [-0.25, -0.2) is 9.98 Å². The Balaban J connectivity index is 1.50. The molecule has 29 heavy (non-hydrogen) atoms. The van der Waals surface area contributed by atoms with Crippen molar-refractivity contribution in [3.63, 3.8) is 0 Å². The number of pyridine rings is 1. The fourth-order valence-corrected chi connectivity index (χ4v) is 3.69. The van der Waals surface area contributed by atoms with Gasteiger partial charge in [-0.3, -0.25) is 4.79 Å². The second-order valence-electron chi connectivity index (χ2n) is 7.61. The van der Waals surface area contributed by atoms with Gasteiger partial charge in [0.15, 0.2) is 5.96 Å². The molecule has 2 aliphatic rings. The second-order valence-corrected chi connectivity index (χ2v) is 7.61. The number of hydrogen-bond donors (Lipinski definition) is 2. The zero-order chi connectivity index (χ0) is 20.5. The number of carbonyl (C=O) groups is 1. The molecule has 0 saturated carbocycles. The number of morpholine rings is 1. The average Bonchev–Trinajstić information content (AvgIpc) is 3.14. The third kappa shape index (κ3) is 6.59. The van der Waals surface area contributed by atoms with Crippen molar-refractivity contribution >= 4 is 17.7 Å². The molecular formula is C21H34N6O2. The van der Waals surface area contributed by atoms with Gasteiger partial charge in [0.05, 0.1) is 19.3 Å². The van der Waals surface area contributed by atoms with Gasteiger partial charge in [0.2, 0.25) is 5.91 Å². The van der Waals surface area contributed by atoms with Gasteiger partial charge in [0, 0.05) is 51.9 Å². The van der Waals surface area contributed by atoms with E-state index in [0.717, 1.165) is 76.1 Å². The van der Waals surface area contributed by atoms with Crippen LogP contribution in [0.5, 0.6) is 0 Å². The van der Waals surface area contributed by atoms with Crippen molar-refractivity contribution < 1.29 is 9.53 Å². The first kappa shape index (κ1) is 21.4. The quantitative estimate of drug-likeness (QED) is 0.388. The maximum Gasteiger partial charge on any atom is 0.222 e. The monoisotopic (exact) mass is 402 g/mol. The number of rotatable bonds is 8. The summed E-state index contributed by atoms with van der Waals surface area (Å²) in [7, 11) is 0. The number of aliphatic imine (C=N–C) groups is 1. The van der Waals surface area contributed by atoms with Gasteiger partial charge in [0.1, 0.15) is 5.82 Å². The number of guanidine groups is 1. The zero-order valence-corrected chi connectivity index (χ0v) is 17.7. The average molecular weight is 403 g/mol. The van der Waals surface area contributed by atoms with Crippen molar-refractivity contribution in [3.8, 4) is 0 Å². The summed E-state index contributed by atoms with van der Waals surface area (Å²) >= 11 is 0. The fourth-order valence-electron chi connectivity index (χ4n) is 3.69. The Labute approximate surface area is 173 Å². The third-order valence-electron chi connectivity index (χ3n) is 5.21. The van der Waals surface area contributed by atoms with E-state index >= 15 is 0 Å². The van der Waals surface area contributed by atoms with Crippen molar-refractivity contribution in [2.45, 2.75) is 45.8 Å². The van der Waals surface area contributed by atoms with E-state index in [4.69, 9.17) is 9.73 Å². The molecule has 1 unspecified atom stereocenters. The van der Waals surface area contributed by atoms with Crippen LogP contribution in [0.25, 0.3) is 0 Å². The predicted molar refractivity (Wildman–Crippen MR) is 115 cm³/mol. The maximum absolute atomic E-state index is 11.7. The molecule has 1 aromatic heterocycles. The molecule has 0 spiro atoms. The molecule has 8 heteroatoms. The van der Waals surface area contributed by atoms with Crippen LogP contribution in [0.2, 0.25) is 0 Å². The van der Waals surface area contributed by atoms with E-state index in [2.05, 4.69) is 40.4 Å². The first-order valence-corrected chi connectivity index (χ1v) is 10.8. The Morgan fingerprint density at radius 2 is 2.28 bits per heavy atom. The lowest BCUT2D eigenvalue weighted by Crippen LogP contribution is -2.41. The van der Waals surface area contributed by atoms with Gasteiger partial charge >= 0.3 is 0 Å². The van der Waals surface area contributed by atoms with Gasteiger partial charge < -0.3 is 25.2 Å². The highest BCUT2D eigenvalue weighted by Crippen LogP contribution is 2.17. The molecule has 2 N–H and O–H groups in total. The van der Waals surface area contributed by atoms with Gasteiger partial charge in [-0.2, -0.15) is 0 Å². The first-order chi connectivity index (χ1) is 14.2. The highest BCUT2D eigenvalue weighted by atomic mass is 16.5. The molecule has 2 aliphatic heterocycles. The Bertz CT molecular complexity index is 696. The topological polar surface area (TPSA) is 82.1 Å². The van der Waals surface area contributed by atoms with Crippen molar-refractivity contribution in [3.05, 3.63) is 23.9 Å². The number of amides is 1. The third-order valence-corrected chi connectivity index (χ3v) is 5.21. The number of ether oxygens (including phenoxy) is 1. The van der Waals surface area contributed by atoms with Crippen LogP contribution < -0.4 is 15.5 Å². The van der Waals surface area contributed by atoms with E-state index in [1.807, 2.05) is 17.2 Å². The van der Waals surface area contributed by atoms with Crippen LogP contribution in [0.4, 0.5) is 5.82 Å². The number of nitrogens with one attached hydrogen (secondary N) is 2. The minimum absolute atomic E-state index is 0.229. The molecule has 1 aromatic rings. The Kier molecular flexibility index (Phi) is 8.10. The summed E-state index contributed by atoms with van der Waals surface area (Å²) in [6.07, 6.45) is 4.70. The molecule has 3 heterocycles. The Hall–Kier alpha value is -2.35. The number of likely N-dealkylation sites (tertiary alicyclic amines) is 1. The van der Waals surface area contributed by atoms with E-state index in [9.17, 15) is 4.79 Å². The number of nitrogens with zero attached hydrogens (tertiary/aromatic N) is 4. The van der Waals surface area contributed by atoms with Gasteiger partial charge in [-0.05, 0) is 44.4 Å². The Morgan fingerprint density at radius 3 is 3.03 bits per heavy atom. The molecule has 2 saturated heterocycles. The number of anilines is 1. The largest absolute Gasteiger partial charge is 0.375 e. The molecule has 8 nitrogen and oxygen atoms in total. The molecule has 2 fully saturated rings. The SMILES string of the molecule is CCNC(=NCc1ccnc(N2CCOC(C)C2)c1)NCCCN1CCCC1=O. The lowest BCUT2D eigenvalue weighted by atomic mass is 10.2. The van der Waals surface area contributed by atoms with E-state index < -0.39 is 0 Å². The lowest BCUT2D eigenvalue weighted by molar-refractivity contribution is -0.127. The smallest absolute Gasteiger partial charge is 0.222 e. The van der Waals surface area contributed by atoms with Gasteiger partial charge in [-0.1, -0.05) is 0 Å². The van der Waals surface area contributed by atoms with Crippen molar-refractivity contribution in [1.82, 2.24) is 20.5 Å². The van der Waals surface area contributed by atoms with E-state index in [1.54, 1.807) is 0 Å². The molecule has 160 valence electrons. The maximum atomic E-state index is 11.7. The molecule has 3 rings (SSSR count). The molecule has 0 bridgehead atoms. The molecular weight excluding hydrogens is 368 g/mol. The van der Waals surface area contributed by atoms with E-state index in [0.29, 0.717) is 13.0 Å². The summed E-state index contributed by atoms with van der Waals surface area (Å²) in [6, 6.07) is 4.13. The van der Waals surface area contributed by atoms with Crippen LogP contribution in [0.1, 0.15) is 38.7 Å². The van der Waals surface area contributed by atoms with Crippen LogP contribution in [0, 0.1) is 0 Å². The predicted octanol–water partition coefficient (Wildman–Crippen LogP) is 1.37. The minimum atomic E-state index is 0.229. The Morgan fingerprint density at radius 1 is 1.38 bits per heavy atom. The summed E-state index contributed by atoms with van der Waals surface area (Å²) in [5, 5.41) is 6.66. The van der Waals surface area contributed by atoms with Gasteiger partial charge in [-0.15, -0.1) is 0 Å². The van der Waals surface area contributed by atoms with Crippen LogP contribution in [0.3, 0.4) is 0 Å². The molecule has 1 amide bonds. The summed E-state index contributed by atoms with van der Waals surface area (Å²) in [6.45, 7) is 10.5. The van der Waals surface area contributed by atoms with E-state index in [-0.39, 0.29) is 12.0 Å². The molecule has 1 atom stereocenters. The number of hydrogen-bond acceptors (Lipinski definition) is 5. The standard InChI is InChI=1S/C21H34N6O2/c1-3-22-21(24-8-5-11-26-10-4-6-20(26)28)25-15-18-7-9-23-19(14-18)27-12-13-29-17(2)16-27/h7,9,14,17H,3-6,8,10-13,15-16H2,1-2H3,(H2,22,24,25). The lowest BCUT2D eigenvalue weighted by Gasteiger charge is -2.32. The summed E-state index contributed by atoms with van der Waals surface area (Å²) in [4.78, 5) is 25.1. The van der Waals surface area contributed by atoms with Crippen molar-refractivity contribution in [2.75, 3.05) is 50.8 Å². The summed E-state index contributed by atoms with van der Waals surface area (Å²) < 4.78 is 5.62. The summed E-state index contributed by atoms with van der Waals surface area (Å²) in [5.74, 6) is 2.08. The highest BCUT2D eigenvalue weighted by Gasteiger charge is 2.19. The molecule has 0 aromatic carbocycles. The van der Waals surface area contributed by atoms with Crippen molar-refractivity contribution in [2.24, 2.45) is 4.99 Å². The summed E-state index contributed by atoms with van der Waals surface area (Å²) in [5.41, 5.74) is 1.13. The minimum Gasteiger partial charge on any atom is -0.375 e. The fraction of sp³-hybridized carbons (Fsp3) is 0.667. The number of aromatic nitrogens is 1. The number of carbonyl (C=O) groups excluding carboxylic acids is 1. The normalized spacial score (nSPS) is 20.3. The van der Waals surface area contributed by atoms with Crippen LogP contribution in [-0.2, 0) is 16.1 Å². The van der Waals surface area contributed by atoms with Gasteiger partial charge in [0.25, 0.3) is 0 Å². The van der Waals surface area contributed by atoms with Crippen LogP contribution in [0.15, 0.2) is 23.3 Å². The molecule has 0 aliphatic carbocycles. The van der Waals surface area contributed by atoms with Crippen molar-refractivity contribution in [1.29, 1.82) is 0 Å². The first-order valence-electron chi connectivity index (χ1n) is 10.8. The molecule has 0 radical (unpaired) electrons. The van der Waals surface area contributed by atoms with Crippen LogP contribution >= 0.6 is 0 Å².